The van der Waals surface area contributed by atoms with Crippen LogP contribution in [-0.2, 0) is 9.31 Å². The van der Waals surface area contributed by atoms with Gasteiger partial charge in [-0.15, -0.1) is 0 Å². The average molecular weight is 290 g/mol. The summed E-state index contributed by atoms with van der Waals surface area (Å²) in [4.78, 5) is 0. The topological polar surface area (TPSA) is 27.7 Å². The highest BCUT2D eigenvalue weighted by Crippen LogP contribution is 2.36. The van der Waals surface area contributed by atoms with E-state index >= 15 is 0 Å². The summed E-state index contributed by atoms with van der Waals surface area (Å²) >= 11 is 0. The maximum absolute atomic E-state index is 6.09. The number of hydrogen-bond acceptors (Lipinski definition) is 3. The van der Waals surface area contributed by atoms with Gasteiger partial charge in [-0.25, -0.2) is 0 Å². The van der Waals surface area contributed by atoms with E-state index in [1.165, 1.54) is 0 Å². The van der Waals surface area contributed by atoms with Gasteiger partial charge in [-0.1, -0.05) is 26.0 Å². The van der Waals surface area contributed by atoms with Gasteiger partial charge in [-0.05, 0) is 57.6 Å². The van der Waals surface area contributed by atoms with Crippen molar-refractivity contribution in [2.45, 2.75) is 59.7 Å². The van der Waals surface area contributed by atoms with Gasteiger partial charge in [0, 0.05) is 0 Å². The highest BCUT2D eigenvalue weighted by molar-refractivity contribution is 6.62. The molecule has 1 fully saturated rings. The average Bonchev–Trinajstić information content (AvgIpc) is 2.57. The Morgan fingerprint density at radius 1 is 1.10 bits per heavy atom. The van der Waals surface area contributed by atoms with Crippen LogP contribution in [0.3, 0.4) is 0 Å². The van der Waals surface area contributed by atoms with E-state index in [-0.39, 0.29) is 18.3 Å². The van der Waals surface area contributed by atoms with E-state index in [1.54, 1.807) is 0 Å². The van der Waals surface area contributed by atoms with Gasteiger partial charge < -0.3 is 14.0 Å². The molecule has 3 nitrogen and oxygen atoms in total. The first kappa shape index (κ1) is 16.4. The molecule has 1 aliphatic rings. The second kappa shape index (κ2) is 5.66. The van der Waals surface area contributed by atoms with Crippen molar-refractivity contribution in [3.63, 3.8) is 0 Å². The maximum Gasteiger partial charge on any atom is 0.494 e. The Kier molecular flexibility index (Phi) is 4.41. The quantitative estimate of drug-likeness (QED) is 0.796. The van der Waals surface area contributed by atoms with Crippen LogP contribution in [-0.4, -0.2) is 24.9 Å². The van der Waals surface area contributed by atoms with Crippen molar-refractivity contribution < 1.29 is 14.0 Å². The van der Waals surface area contributed by atoms with Crippen molar-refractivity contribution in [2.24, 2.45) is 5.92 Å². The predicted octanol–water partition coefficient (Wildman–Crippen LogP) is 3.33. The minimum absolute atomic E-state index is 0.318. The minimum Gasteiger partial charge on any atom is -0.493 e. The van der Waals surface area contributed by atoms with Crippen LogP contribution in [0, 0.1) is 12.8 Å². The lowest BCUT2D eigenvalue weighted by atomic mass is 9.78. The largest absolute Gasteiger partial charge is 0.494 e. The molecule has 0 spiro atoms. The van der Waals surface area contributed by atoms with Gasteiger partial charge in [-0.2, -0.15) is 0 Å². The molecular formula is C17H27BO3. The molecule has 0 amide bonds. The predicted molar refractivity (Wildman–Crippen MR) is 87.2 cm³/mol. The third-order valence-electron chi connectivity index (χ3n) is 4.31. The summed E-state index contributed by atoms with van der Waals surface area (Å²) in [6.07, 6.45) is 0. The first-order chi connectivity index (χ1) is 9.62. The van der Waals surface area contributed by atoms with Crippen molar-refractivity contribution in [2.75, 3.05) is 6.61 Å². The van der Waals surface area contributed by atoms with Crippen LogP contribution >= 0.6 is 0 Å². The Bertz CT molecular complexity index is 493. The van der Waals surface area contributed by atoms with Crippen molar-refractivity contribution >= 4 is 12.6 Å². The molecule has 116 valence electrons. The molecule has 1 saturated heterocycles. The Morgan fingerprint density at radius 3 is 2.19 bits per heavy atom. The lowest BCUT2D eigenvalue weighted by molar-refractivity contribution is 0.00578. The zero-order valence-corrected chi connectivity index (χ0v) is 14.3. The maximum atomic E-state index is 6.09. The van der Waals surface area contributed by atoms with Gasteiger partial charge in [0.25, 0.3) is 0 Å². The summed E-state index contributed by atoms with van der Waals surface area (Å²) in [5, 5.41) is 0. The summed E-state index contributed by atoms with van der Waals surface area (Å²) in [6, 6.07) is 6.16. The van der Waals surface area contributed by atoms with Crippen LogP contribution in [0.25, 0.3) is 0 Å². The van der Waals surface area contributed by atoms with Gasteiger partial charge in [0.15, 0.2) is 0 Å². The van der Waals surface area contributed by atoms with Crippen LogP contribution in [0.2, 0.25) is 0 Å². The van der Waals surface area contributed by atoms with Crippen LogP contribution in [0.4, 0.5) is 0 Å². The molecule has 21 heavy (non-hydrogen) atoms. The highest BCUT2D eigenvalue weighted by atomic mass is 16.7. The number of rotatable bonds is 4. The summed E-state index contributed by atoms with van der Waals surface area (Å²) in [5.41, 5.74) is 1.51. The van der Waals surface area contributed by atoms with E-state index in [2.05, 4.69) is 60.6 Å². The Labute approximate surface area is 129 Å². The second-order valence-corrected chi connectivity index (χ2v) is 7.32. The summed E-state index contributed by atoms with van der Waals surface area (Å²) in [7, 11) is -0.336. The smallest absolute Gasteiger partial charge is 0.493 e. The third-order valence-corrected chi connectivity index (χ3v) is 4.31. The van der Waals surface area contributed by atoms with Crippen LogP contribution in [0.5, 0.6) is 5.75 Å². The number of ether oxygens (including phenoxy) is 1. The Balaban J connectivity index is 2.20. The fourth-order valence-corrected chi connectivity index (χ4v) is 2.15. The van der Waals surface area contributed by atoms with E-state index in [0.29, 0.717) is 12.5 Å². The molecule has 0 aromatic heterocycles. The van der Waals surface area contributed by atoms with Crippen molar-refractivity contribution in [3.8, 4) is 5.75 Å². The second-order valence-electron chi connectivity index (χ2n) is 7.32. The zero-order valence-electron chi connectivity index (χ0n) is 14.3. The molecular weight excluding hydrogens is 263 g/mol. The Hall–Kier alpha value is -0.995. The molecule has 0 atom stereocenters. The molecule has 0 bridgehead atoms. The first-order valence-electron chi connectivity index (χ1n) is 7.71. The molecule has 4 heteroatoms. The van der Waals surface area contributed by atoms with E-state index in [0.717, 1.165) is 16.8 Å². The summed E-state index contributed by atoms with van der Waals surface area (Å²) in [5.74, 6) is 1.42. The molecule has 0 aliphatic carbocycles. The van der Waals surface area contributed by atoms with Gasteiger partial charge in [0.05, 0.1) is 17.8 Å². The van der Waals surface area contributed by atoms with Crippen LogP contribution in [0.15, 0.2) is 18.2 Å². The van der Waals surface area contributed by atoms with Crippen LogP contribution < -0.4 is 10.2 Å². The third kappa shape index (κ3) is 3.43. The molecule has 1 aromatic rings. The standard InChI is InChI=1S/C17H27BO3/c1-12(2)11-19-15-10-14(9-8-13(15)3)18-20-16(4,5)17(6,7)21-18/h8-10,12H,11H2,1-7H3. The number of benzene rings is 1. The Morgan fingerprint density at radius 2 is 1.67 bits per heavy atom. The molecule has 0 unspecified atom stereocenters. The van der Waals surface area contributed by atoms with E-state index in [9.17, 15) is 0 Å². The molecule has 1 aromatic carbocycles. The van der Waals surface area contributed by atoms with Gasteiger partial charge >= 0.3 is 7.12 Å². The van der Waals surface area contributed by atoms with Gasteiger partial charge in [0.2, 0.25) is 0 Å². The van der Waals surface area contributed by atoms with Crippen molar-refractivity contribution in [1.29, 1.82) is 0 Å². The van der Waals surface area contributed by atoms with E-state index in [1.807, 2.05) is 6.07 Å². The fraction of sp³-hybridized carbons (Fsp3) is 0.647. The highest BCUT2D eigenvalue weighted by Gasteiger charge is 2.51. The monoisotopic (exact) mass is 290 g/mol. The molecule has 0 saturated carbocycles. The van der Waals surface area contributed by atoms with E-state index < -0.39 is 0 Å². The molecule has 2 rings (SSSR count). The van der Waals surface area contributed by atoms with Crippen molar-refractivity contribution in [3.05, 3.63) is 23.8 Å². The van der Waals surface area contributed by atoms with Crippen molar-refractivity contribution in [1.82, 2.24) is 0 Å². The van der Waals surface area contributed by atoms with E-state index in [4.69, 9.17) is 14.0 Å². The molecule has 0 radical (unpaired) electrons. The van der Waals surface area contributed by atoms with Gasteiger partial charge in [0.1, 0.15) is 5.75 Å². The zero-order chi connectivity index (χ0) is 15.8. The lowest BCUT2D eigenvalue weighted by Crippen LogP contribution is -2.41. The molecule has 1 aliphatic heterocycles. The lowest BCUT2D eigenvalue weighted by Gasteiger charge is -2.32. The fourth-order valence-electron chi connectivity index (χ4n) is 2.15. The van der Waals surface area contributed by atoms with Crippen LogP contribution in [0.1, 0.15) is 47.1 Å². The summed E-state index contributed by atoms with van der Waals surface area (Å²) in [6.45, 7) is 15.3. The summed E-state index contributed by atoms with van der Waals surface area (Å²) < 4.78 is 18.1. The molecule has 0 N–H and O–H groups in total. The minimum atomic E-state index is -0.336. The van der Waals surface area contributed by atoms with Gasteiger partial charge in [-0.3, -0.25) is 0 Å². The number of hydrogen-bond donors (Lipinski definition) is 0. The number of aryl methyl sites for hydroxylation is 1. The SMILES string of the molecule is Cc1ccc(B2OC(C)(C)C(C)(C)O2)cc1OCC(C)C. The molecule has 1 heterocycles. The first-order valence-corrected chi connectivity index (χ1v) is 7.71. The normalized spacial score (nSPS) is 20.1.